The lowest BCUT2D eigenvalue weighted by Crippen LogP contribution is -2.51. The third-order valence-electron chi connectivity index (χ3n) is 4.82. The van der Waals surface area contributed by atoms with Crippen LogP contribution in [0.2, 0.25) is 0 Å². The van der Waals surface area contributed by atoms with Gasteiger partial charge in [-0.2, -0.15) is 0 Å². The number of nitrogens with one attached hydrogen (secondary N) is 1. The average Bonchev–Trinajstić information content (AvgIpc) is 2.49. The molecule has 1 fully saturated rings. The molecule has 0 radical (unpaired) electrons. The Morgan fingerprint density at radius 2 is 1.91 bits per heavy atom. The first-order valence-corrected chi connectivity index (χ1v) is 8.31. The van der Waals surface area contributed by atoms with Gasteiger partial charge in [0.25, 0.3) is 0 Å². The molecule has 0 bridgehead atoms. The van der Waals surface area contributed by atoms with E-state index in [1.807, 2.05) is 0 Å². The Bertz CT molecular complexity index is 495. The molecule has 22 heavy (non-hydrogen) atoms. The first kappa shape index (κ1) is 20.0. The summed E-state index contributed by atoms with van der Waals surface area (Å²) in [4.78, 5) is 2.66. The molecule has 0 aromatic heterocycles. The number of halogens is 3. The van der Waals surface area contributed by atoms with E-state index in [0.717, 1.165) is 25.3 Å². The Labute approximate surface area is 154 Å². The largest absolute Gasteiger partial charge is 0.496 e. The van der Waals surface area contributed by atoms with Gasteiger partial charge in [0.1, 0.15) is 5.75 Å². The van der Waals surface area contributed by atoms with Crippen LogP contribution in [0, 0.1) is 0 Å². The summed E-state index contributed by atoms with van der Waals surface area (Å²) in [5.41, 5.74) is 2.86. The van der Waals surface area contributed by atoms with Crippen molar-refractivity contribution in [3.63, 3.8) is 0 Å². The van der Waals surface area contributed by atoms with Gasteiger partial charge in [-0.1, -0.05) is 22.9 Å². The summed E-state index contributed by atoms with van der Waals surface area (Å²) < 4.78 is 6.86. The van der Waals surface area contributed by atoms with E-state index in [1.165, 1.54) is 35.1 Å². The summed E-state index contributed by atoms with van der Waals surface area (Å²) in [5.74, 6) is 1.58. The number of fused-ring (bicyclic) bond motifs is 1. The number of hydrogen-bond donors (Lipinski definition) is 1. The zero-order chi connectivity index (χ0) is 14.1. The van der Waals surface area contributed by atoms with E-state index in [9.17, 15) is 0 Å². The monoisotopic (exact) mass is 410 g/mol. The van der Waals surface area contributed by atoms with Gasteiger partial charge in [0.05, 0.1) is 7.11 Å². The van der Waals surface area contributed by atoms with E-state index < -0.39 is 0 Å². The summed E-state index contributed by atoms with van der Waals surface area (Å²) in [6, 6.07) is 4.86. The maximum absolute atomic E-state index is 5.62. The molecule has 1 saturated heterocycles. The van der Waals surface area contributed by atoms with Crippen LogP contribution in [0.5, 0.6) is 5.75 Å². The smallest absolute Gasteiger partial charge is 0.122 e. The minimum Gasteiger partial charge on any atom is -0.496 e. The maximum Gasteiger partial charge on any atom is 0.122 e. The van der Waals surface area contributed by atoms with Crippen LogP contribution in [0.15, 0.2) is 16.6 Å². The molecule has 1 aliphatic carbocycles. The predicted molar refractivity (Wildman–Crippen MR) is 100 cm³/mol. The number of nitrogens with zero attached hydrogens (tertiary/aromatic N) is 1. The lowest BCUT2D eigenvalue weighted by atomic mass is 9.79. The zero-order valence-corrected chi connectivity index (χ0v) is 16.3. The molecule has 6 heteroatoms. The van der Waals surface area contributed by atoms with Crippen molar-refractivity contribution in [2.75, 3.05) is 33.3 Å². The van der Waals surface area contributed by atoms with Crippen molar-refractivity contribution in [3.8, 4) is 5.75 Å². The molecule has 3 nitrogen and oxygen atoms in total. The van der Waals surface area contributed by atoms with E-state index in [2.05, 4.69) is 45.2 Å². The first-order chi connectivity index (χ1) is 9.72. The normalized spacial score (nSPS) is 24.7. The predicted octanol–water partition coefficient (Wildman–Crippen LogP) is 3.62. The Morgan fingerprint density at radius 1 is 1.23 bits per heavy atom. The lowest BCUT2D eigenvalue weighted by molar-refractivity contribution is 0.139. The van der Waals surface area contributed by atoms with Crippen molar-refractivity contribution in [1.82, 2.24) is 10.2 Å². The highest BCUT2D eigenvalue weighted by Crippen LogP contribution is 2.42. The Morgan fingerprint density at radius 3 is 2.55 bits per heavy atom. The molecule has 2 unspecified atom stereocenters. The molecule has 2 atom stereocenters. The summed E-state index contributed by atoms with van der Waals surface area (Å²) in [6.07, 6.45) is 2.39. The molecule has 1 aliphatic heterocycles. The van der Waals surface area contributed by atoms with E-state index in [1.54, 1.807) is 7.11 Å². The minimum absolute atomic E-state index is 0. The van der Waals surface area contributed by atoms with Gasteiger partial charge in [-0.3, -0.25) is 4.90 Å². The van der Waals surface area contributed by atoms with Crippen LogP contribution in [0.4, 0.5) is 0 Å². The molecular weight excluding hydrogens is 387 g/mol. The minimum atomic E-state index is 0. The van der Waals surface area contributed by atoms with Gasteiger partial charge >= 0.3 is 0 Å². The summed E-state index contributed by atoms with van der Waals surface area (Å²) in [6.45, 7) is 6.93. The zero-order valence-electron chi connectivity index (χ0n) is 13.1. The molecule has 1 aromatic rings. The molecule has 2 aliphatic rings. The van der Waals surface area contributed by atoms with Gasteiger partial charge in [-0.25, -0.2) is 0 Å². The molecule has 0 saturated carbocycles. The number of rotatable bonds is 2. The fourth-order valence-electron chi connectivity index (χ4n) is 3.80. The quantitative estimate of drug-likeness (QED) is 0.804. The maximum atomic E-state index is 5.62. The van der Waals surface area contributed by atoms with Gasteiger partial charge < -0.3 is 10.1 Å². The van der Waals surface area contributed by atoms with Gasteiger partial charge in [0.2, 0.25) is 0 Å². The number of methoxy groups -OCH3 is 1. The van der Waals surface area contributed by atoms with Gasteiger partial charge in [-0.05, 0) is 30.5 Å². The number of piperazine rings is 1. The van der Waals surface area contributed by atoms with Crippen molar-refractivity contribution in [2.45, 2.75) is 31.7 Å². The third kappa shape index (κ3) is 3.73. The topological polar surface area (TPSA) is 24.5 Å². The van der Waals surface area contributed by atoms with Gasteiger partial charge in [0.15, 0.2) is 0 Å². The summed E-state index contributed by atoms with van der Waals surface area (Å²) in [7, 11) is 1.78. The molecule has 1 heterocycles. The molecule has 0 spiro atoms. The van der Waals surface area contributed by atoms with E-state index >= 15 is 0 Å². The van der Waals surface area contributed by atoms with Crippen LogP contribution in [0.1, 0.15) is 30.4 Å². The fourth-order valence-corrected chi connectivity index (χ4v) is 4.34. The summed E-state index contributed by atoms with van der Waals surface area (Å²) in [5, 5.41) is 3.45. The van der Waals surface area contributed by atoms with Crippen LogP contribution in [-0.4, -0.2) is 44.2 Å². The first-order valence-electron chi connectivity index (χ1n) is 7.52. The Hall–Kier alpha value is -0.000000000000000222. The second kappa shape index (κ2) is 8.74. The third-order valence-corrected chi connectivity index (χ3v) is 5.57. The van der Waals surface area contributed by atoms with Crippen LogP contribution >= 0.6 is 40.7 Å². The van der Waals surface area contributed by atoms with Crippen LogP contribution in [-0.2, 0) is 6.42 Å². The second-order valence-electron chi connectivity index (χ2n) is 5.82. The lowest BCUT2D eigenvalue weighted by Gasteiger charge is -2.42. The van der Waals surface area contributed by atoms with Crippen molar-refractivity contribution in [3.05, 3.63) is 27.7 Å². The SMILES string of the molecule is COc1ccc(Br)c2c1C(C)C(N1CCNCC1)CC2.Cl.Cl. The number of ether oxygens (including phenoxy) is 1. The van der Waals surface area contributed by atoms with Crippen molar-refractivity contribution in [2.24, 2.45) is 0 Å². The molecule has 1 aromatic carbocycles. The van der Waals surface area contributed by atoms with Crippen molar-refractivity contribution >= 4 is 40.7 Å². The molecular formula is C16H25BrCl2N2O. The summed E-state index contributed by atoms with van der Waals surface area (Å²) >= 11 is 3.71. The van der Waals surface area contributed by atoms with Crippen molar-refractivity contribution in [1.29, 1.82) is 0 Å². The van der Waals surface area contributed by atoms with Crippen LogP contribution in [0.25, 0.3) is 0 Å². The average molecular weight is 412 g/mol. The van der Waals surface area contributed by atoms with E-state index in [0.29, 0.717) is 12.0 Å². The molecule has 3 rings (SSSR count). The highest BCUT2D eigenvalue weighted by atomic mass is 79.9. The van der Waals surface area contributed by atoms with E-state index in [-0.39, 0.29) is 24.8 Å². The second-order valence-corrected chi connectivity index (χ2v) is 6.68. The van der Waals surface area contributed by atoms with Gasteiger partial charge in [0, 0.05) is 48.2 Å². The number of hydrogen-bond acceptors (Lipinski definition) is 3. The van der Waals surface area contributed by atoms with E-state index in [4.69, 9.17) is 4.74 Å². The highest BCUT2D eigenvalue weighted by molar-refractivity contribution is 9.10. The number of benzene rings is 1. The molecule has 0 amide bonds. The molecule has 126 valence electrons. The van der Waals surface area contributed by atoms with Gasteiger partial charge in [-0.15, -0.1) is 24.8 Å². The highest BCUT2D eigenvalue weighted by Gasteiger charge is 2.34. The Balaban J connectivity index is 0.00000121. The van der Waals surface area contributed by atoms with Crippen LogP contribution in [0.3, 0.4) is 0 Å². The standard InChI is InChI=1S/C16H23BrN2O.2ClH/c1-11-14(19-9-7-18-8-10-19)5-3-12-13(17)4-6-15(20-2)16(11)12;;/h4,6,11,14,18H,3,5,7-10H2,1-2H3;2*1H. The van der Waals surface area contributed by atoms with Crippen molar-refractivity contribution < 1.29 is 4.74 Å². The van der Waals surface area contributed by atoms with Crippen LogP contribution < -0.4 is 10.1 Å². The fraction of sp³-hybridized carbons (Fsp3) is 0.625. The Kier molecular flexibility index (Phi) is 7.96. The molecule has 1 N–H and O–H groups in total.